The molecule has 1 atom stereocenters. The summed E-state index contributed by atoms with van der Waals surface area (Å²) in [7, 11) is 1.60. The molecule has 0 aliphatic carbocycles. The summed E-state index contributed by atoms with van der Waals surface area (Å²) in [5.74, 6) is 0.413. The van der Waals surface area contributed by atoms with E-state index in [0.29, 0.717) is 13.1 Å². The summed E-state index contributed by atoms with van der Waals surface area (Å²) in [6.45, 7) is 7.48. The number of benzene rings is 1. The Hall–Kier alpha value is -2.30. The minimum atomic E-state index is -0.537. The van der Waals surface area contributed by atoms with Gasteiger partial charge in [0.25, 0.3) is 0 Å². The van der Waals surface area contributed by atoms with Gasteiger partial charge < -0.3 is 15.0 Å². The fourth-order valence-electron chi connectivity index (χ4n) is 1.91. The Morgan fingerprint density at radius 2 is 2.00 bits per heavy atom. The normalized spacial score (nSPS) is 11.4. The Morgan fingerprint density at radius 1 is 1.38 bits per heavy atom. The van der Waals surface area contributed by atoms with E-state index >= 15 is 0 Å². The third kappa shape index (κ3) is 4.95. The monoisotopic (exact) mass is 290 g/mol. The summed E-state index contributed by atoms with van der Waals surface area (Å²) < 4.78 is 5.10. The molecule has 1 rings (SSSR count). The van der Waals surface area contributed by atoms with E-state index in [9.17, 15) is 9.59 Å². The number of methoxy groups -OCH3 is 1. The predicted octanol–water partition coefficient (Wildman–Crippen LogP) is 1.73. The lowest BCUT2D eigenvalue weighted by atomic mass is 10.1. The first kappa shape index (κ1) is 16.8. The molecule has 0 unspecified atom stereocenters. The molecule has 0 aliphatic rings. The van der Waals surface area contributed by atoms with Gasteiger partial charge >= 0.3 is 0 Å². The van der Waals surface area contributed by atoms with Crippen LogP contribution < -0.4 is 10.1 Å². The average molecular weight is 290 g/mol. The van der Waals surface area contributed by atoms with Gasteiger partial charge in [-0.2, -0.15) is 0 Å². The minimum Gasteiger partial charge on any atom is -0.497 e. The van der Waals surface area contributed by atoms with Gasteiger partial charge in [-0.05, 0) is 24.6 Å². The maximum Gasteiger partial charge on any atom is 0.242 e. The van der Waals surface area contributed by atoms with Gasteiger partial charge in [0, 0.05) is 20.0 Å². The first-order chi connectivity index (χ1) is 9.99. The van der Waals surface area contributed by atoms with Crippen LogP contribution in [0.3, 0.4) is 0 Å². The first-order valence-corrected chi connectivity index (χ1v) is 6.78. The van der Waals surface area contributed by atoms with Crippen LogP contribution in [0.1, 0.15) is 19.4 Å². The van der Waals surface area contributed by atoms with Crippen molar-refractivity contribution < 1.29 is 14.3 Å². The van der Waals surface area contributed by atoms with Gasteiger partial charge in [0.2, 0.25) is 11.8 Å². The van der Waals surface area contributed by atoms with Crippen molar-refractivity contribution in [1.29, 1.82) is 0 Å². The lowest BCUT2D eigenvalue weighted by molar-refractivity contribution is -0.138. The van der Waals surface area contributed by atoms with E-state index < -0.39 is 6.04 Å². The molecule has 0 aromatic heterocycles. The molecular formula is C16H22N2O3. The van der Waals surface area contributed by atoms with Gasteiger partial charge in [0.05, 0.1) is 7.11 Å². The minimum absolute atomic E-state index is 0.146. The number of hydrogen-bond acceptors (Lipinski definition) is 3. The summed E-state index contributed by atoms with van der Waals surface area (Å²) in [5, 5.41) is 2.70. The highest BCUT2D eigenvalue weighted by atomic mass is 16.5. The van der Waals surface area contributed by atoms with Gasteiger partial charge in [-0.3, -0.25) is 9.59 Å². The van der Waals surface area contributed by atoms with E-state index in [-0.39, 0.29) is 11.8 Å². The van der Waals surface area contributed by atoms with Crippen LogP contribution in [0.2, 0.25) is 0 Å². The maximum absolute atomic E-state index is 12.0. The van der Waals surface area contributed by atoms with E-state index in [4.69, 9.17) is 4.74 Å². The molecule has 2 amide bonds. The molecule has 5 nitrogen and oxygen atoms in total. The molecule has 0 fully saturated rings. The highest BCUT2D eigenvalue weighted by molar-refractivity contribution is 5.86. The van der Waals surface area contributed by atoms with Crippen molar-refractivity contribution in [3.8, 4) is 5.75 Å². The van der Waals surface area contributed by atoms with E-state index in [1.807, 2.05) is 24.3 Å². The van der Waals surface area contributed by atoms with E-state index in [0.717, 1.165) is 11.3 Å². The molecule has 1 N–H and O–H groups in total. The summed E-state index contributed by atoms with van der Waals surface area (Å²) in [6, 6.07) is 6.88. The predicted molar refractivity (Wildman–Crippen MR) is 81.9 cm³/mol. The van der Waals surface area contributed by atoms with Crippen LogP contribution in [0.5, 0.6) is 5.75 Å². The van der Waals surface area contributed by atoms with Gasteiger partial charge in [-0.25, -0.2) is 0 Å². The van der Waals surface area contributed by atoms with Crippen LogP contribution in [0, 0.1) is 0 Å². The average Bonchev–Trinajstić information content (AvgIpc) is 2.49. The van der Waals surface area contributed by atoms with Crippen LogP contribution in [0.4, 0.5) is 0 Å². The first-order valence-electron chi connectivity index (χ1n) is 6.78. The van der Waals surface area contributed by atoms with Crippen molar-refractivity contribution >= 4 is 11.8 Å². The third-order valence-corrected chi connectivity index (χ3v) is 3.18. The smallest absolute Gasteiger partial charge is 0.242 e. The standard InChI is InChI=1S/C16H22N2O3/c1-5-10-17-16(20)12(2)18(13(3)19)11-14-6-8-15(21-4)9-7-14/h5-9,12H,1,10-11H2,2-4H3,(H,17,20)/t12-/m0/s1. The molecule has 0 bridgehead atoms. The number of rotatable bonds is 7. The van der Waals surface area contributed by atoms with Crippen molar-refractivity contribution in [3.63, 3.8) is 0 Å². The molecule has 114 valence electrons. The SMILES string of the molecule is C=CCNC(=O)[C@H](C)N(Cc1ccc(OC)cc1)C(C)=O. The third-order valence-electron chi connectivity index (χ3n) is 3.18. The number of nitrogens with one attached hydrogen (secondary N) is 1. The van der Waals surface area contributed by atoms with Crippen molar-refractivity contribution in [2.24, 2.45) is 0 Å². The van der Waals surface area contributed by atoms with Crippen molar-refractivity contribution in [1.82, 2.24) is 10.2 Å². The molecule has 21 heavy (non-hydrogen) atoms. The zero-order valence-corrected chi connectivity index (χ0v) is 12.8. The van der Waals surface area contributed by atoms with E-state index in [1.165, 1.54) is 11.8 Å². The maximum atomic E-state index is 12.0. The molecule has 0 aliphatic heterocycles. The van der Waals surface area contributed by atoms with Crippen LogP contribution >= 0.6 is 0 Å². The molecule has 0 radical (unpaired) electrons. The second-order valence-corrected chi connectivity index (χ2v) is 4.70. The Kier molecular flexibility index (Phi) is 6.46. The summed E-state index contributed by atoms with van der Waals surface area (Å²) in [4.78, 5) is 25.3. The summed E-state index contributed by atoms with van der Waals surface area (Å²) in [6.07, 6.45) is 1.60. The van der Waals surface area contributed by atoms with Gasteiger partial charge in [0.1, 0.15) is 11.8 Å². The summed E-state index contributed by atoms with van der Waals surface area (Å²) >= 11 is 0. The highest BCUT2D eigenvalue weighted by Crippen LogP contribution is 2.14. The van der Waals surface area contributed by atoms with Gasteiger partial charge in [-0.1, -0.05) is 18.2 Å². The number of ether oxygens (including phenoxy) is 1. The number of hydrogen-bond donors (Lipinski definition) is 1. The Bertz CT molecular complexity index is 497. The van der Waals surface area contributed by atoms with Crippen LogP contribution in [-0.2, 0) is 16.1 Å². The zero-order chi connectivity index (χ0) is 15.8. The Labute approximate surface area is 125 Å². The molecule has 0 saturated carbocycles. The molecule has 0 saturated heterocycles. The topological polar surface area (TPSA) is 58.6 Å². The Morgan fingerprint density at radius 3 is 2.48 bits per heavy atom. The van der Waals surface area contributed by atoms with Crippen LogP contribution in [-0.4, -0.2) is 36.4 Å². The number of amides is 2. The molecular weight excluding hydrogens is 268 g/mol. The molecule has 1 aromatic rings. The lowest BCUT2D eigenvalue weighted by Crippen LogP contribution is -2.46. The molecule has 0 spiro atoms. The largest absolute Gasteiger partial charge is 0.497 e. The van der Waals surface area contributed by atoms with Crippen LogP contribution in [0.15, 0.2) is 36.9 Å². The lowest BCUT2D eigenvalue weighted by Gasteiger charge is -2.27. The van der Waals surface area contributed by atoms with Crippen molar-refractivity contribution in [2.75, 3.05) is 13.7 Å². The highest BCUT2D eigenvalue weighted by Gasteiger charge is 2.23. The summed E-state index contributed by atoms with van der Waals surface area (Å²) in [5.41, 5.74) is 0.939. The second-order valence-electron chi connectivity index (χ2n) is 4.70. The molecule has 5 heteroatoms. The fourth-order valence-corrected chi connectivity index (χ4v) is 1.91. The molecule has 1 aromatic carbocycles. The van der Waals surface area contributed by atoms with Crippen molar-refractivity contribution in [2.45, 2.75) is 26.4 Å². The van der Waals surface area contributed by atoms with Crippen molar-refractivity contribution in [3.05, 3.63) is 42.5 Å². The van der Waals surface area contributed by atoms with Gasteiger partial charge in [0.15, 0.2) is 0 Å². The number of carbonyl (C=O) groups is 2. The van der Waals surface area contributed by atoms with E-state index in [1.54, 1.807) is 20.1 Å². The van der Waals surface area contributed by atoms with E-state index in [2.05, 4.69) is 11.9 Å². The van der Waals surface area contributed by atoms with Gasteiger partial charge in [-0.15, -0.1) is 6.58 Å². The molecule has 0 heterocycles. The second kappa shape index (κ2) is 8.09. The zero-order valence-electron chi connectivity index (χ0n) is 12.8. The fraction of sp³-hybridized carbons (Fsp3) is 0.375. The quantitative estimate of drug-likeness (QED) is 0.778. The van der Waals surface area contributed by atoms with Crippen LogP contribution in [0.25, 0.3) is 0 Å². The number of nitrogens with zero attached hydrogens (tertiary/aromatic N) is 1. The number of carbonyl (C=O) groups excluding carboxylic acids is 2. The Balaban J connectivity index is 2.78.